The Hall–Kier alpha value is -2.37. The van der Waals surface area contributed by atoms with E-state index in [1.54, 1.807) is 24.3 Å². The van der Waals surface area contributed by atoms with Gasteiger partial charge in [0.2, 0.25) is 11.8 Å². The summed E-state index contributed by atoms with van der Waals surface area (Å²) >= 11 is 0. The molecule has 2 atom stereocenters. The molecule has 1 N–H and O–H groups in total. The fraction of sp³-hybridized carbons (Fsp3) is 0.438. The molecule has 6 heteroatoms. The minimum atomic E-state index is -1.06. The Morgan fingerprint density at radius 3 is 2.00 bits per heavy atom. The summed E-state index contributed by atoms with van der Waals surface area (Å²) in [5, 5.41) is 8.56. The highest BCUT2D eigenvalue weighted by Gasteiger charge is 2.46. The first-order valence-electron chi connectivity index (χ1n) is 7.32. The summed E-state index contributed by atoms with van der Waals surface area (Å²) < 4.78 is 5.04. The Labute approximate surface area is 128 Å². The maximum Gasteiger partial charge on any atom is 0.341 e. The predicted octanol–water partition coefficient (Wildman–Crippen LogP) is 2.08. The van der Waals surface area contributed by atoms with E-state index in [2.05, 4.69) is 0 Å². The minimum absolute atomic E-state index is 0.168. The quantitative estimate of drug-likeness (QED) is 0.813. The zero-order valence-electron chi connectivity index (χ0n) is 12.6. The van der Waals surface area contributed by atoms with Crippen molar-refractivity contribution in [3.05, 3.63) is 24.3 Å². The van der Waals surface area contributed by atoms with E-state index in [1.165, 1.54) is 4.90 Å². The number of imide groups is 1. The van der Waals surface area contributed by atoms with E-state index in [0.717, 1.165) is 0 Å². The summed E-state index contributed by atoms with van der Waals surface area (Å²) in [4.78, 5) is 36.5. The van der Waals surface area contributed by atoms with E-state index in [0.29, 0.717) is 24.3 Å². The molecular formula is C16H19NO5. The maximum absolute atomic E-state index is 12.4. The van der Waals surface area contributed by atoms with Crippen molar-refractivity contribution in [3.63, 3.8) is 0 Å². The van der Waals surface area contributed by atoms with E-state index in [9.17, 15) is 14.4 Å². The normalized spacial score (nSPS) is 21.3. The monoisotopic (exact) mass is 305 g/mol. The number of rotatable bonds is 6. The third-order valence-electron chi connectivity index (χ3n) is 3.90. The lowest BCUT2D eigenvalue weighted by Crippen LogP contribution is -2.30. The van der Waals surface area contributed by atoms with Gasteiger partial charge in [0, 0.05) is 0 Å². The summed E-state index contributed by atoms with van der Waals surface area (Å²) in [5.74, 6) is -1.55. The Bertz CT molecular complexity index is 559. The van der Waals surface area contributed by atoms with Crippen LogP contribution in [-0.2, 0) is 14.4 Å². The molecule has 2 unspecified atom stereocenters. The van der Waals surface area contributed by atoms with E-state index >= 15 is 0 Å². The van der Waals surface area contributed by atoms with Crippen LogP contribution in [0, 0.1) is 11.8 Å². The third-order valence-corrected chi connectivity index (χ3v) is 3.90. The number of nitrogens with zero attached hydrogens (tertiary/aromatic N) is 1. The molecule has 1 fully saturated rings. The number of ether oxygens (including phenoxy) is 1. The van der Waals surface area contributed by atoms with Crippen molar-refractivity contribution in [2.45, 2.75) is 26.7 Å². The highest BCUT2D eigenvalue weighted by molar-refractivity contribution is 6.22. The molecule has 1 saturated heterocycles. The molecule has 0 radical (unpaired) electrons. The molecule has 118 valence electrons. The van der Waals surface area contributed by atoms with Crippen LogP contribution in [0.25, 0.3) is 0 Å². The third kappa shape index (κ3) is 2.95. The summed E-state index contributed by atoms with van der Waals surface area (Å²) in [5.41, 5.74) is 0.493. The second kappa shape index (κ2) is 6.60. The van der Waals surface area contributed by atoms with Gasteiger partial charge in [-0.1, -0.05) is 13.8 Å². The molecule has 2 amide bonds. The number of carbonyl (C=O) groups is 3. The Kier molecular flexibility index (Phi) is 4.80. The summed E-state index contributed by atoms with van der Waals surface area (Å²) in [6.45, 7) is 3.38. The smallest absolute Gasteiger partial charge is 0.341 e. The first-order chi connectivity index (χ1) is 10.5. The molecule has 1 heterocycles. The van der Waals surface area contributed by atoms with Crippen LogP contribution in [0.4, 0.5) is 5.69 Å². The fourth-order valence-corrected chi connectivity index (χ4v) is 2.79. The van der Waals surface area contributed by atoms with Gasteiger partial charge in [0.05, 0.1) is 17.5 Å². The zero-order chi connectivity index (χ0) is 16.3. The molecule has 1 aliphatic heterocycles. The van der Waals surface area contributed by atoms with E-state index in [1.807, 2.05) is 13.8 Å². The van der Waals surface area contributed by atoms with Gasteiger partial charge in [-0.05, 0) is 37.1 Å². The minimum Gasteiger partial charge on any atom is -0.482 e. The number of benzene rings is 1. The van der Waals surface area contributed by atoms with Crippen LogP contribution in [0.3, 0.4) is 0 Å². The number of carbonyl (C=O) groups excluding carboxylic acids is 2. The lowest BCUT2D eigenvalue weighted by Gasteiger charge is -2.15. The van der Waals surface area contributed by atoms with E-state index in [4.69, 9.17) is 9.84 Å². The Balaban J connectivity index is 2.19. The van der Waals surface area contributed by atoms with Crippen LogP contribution in [-0.4, -0.2) is 29.5 Å². The van der Waals surface area contributed by atoms with Gasteiger partial charge < -0.3 is 9.84 Å². The Morgan fingerprint density at radius 1 is 1.09 bits per heavy atom. The second-order valence-corrected chi connectivity index (χ2v) is 5.22. The van der Waals surface area contributed by atoms with Crippen molar-refractivity contribution in [2.75, 3.05) is 11.5 Å². The molecular weight excluding hydrogens is 286 g/mol. The van der Waals surface area contributed by atoms with Gasteiger partial charge in [0.1, 0.15) is 5.75 Å². The van der Waals surface area contributed by atoms with Gasteiger partial charge in [0.15, 0.2) is 6.61 Å². The van der Waals surface area contributed by atoms with Crippen LogP contribution in [0.5, 0.6) is 5.75 Å². The van der Waals surface area contributed by atoms with Gasteiger partial charge in [0.25, 0.3) is 0 Å². The number of hydrogen-bond donors (Lipinski definition) is 1. The van der Waals surface area contributed by atoms with Crippen molar-refractivity contribution < 1.29 is 24.2 Å². The van der Waals surface area contributed by atoms with Crippen molar-refractivity contribution in [1.29, 1.82) is 0 Å². The largest absolute Gasteiger partial charge is 0.482 e. The first kappa shape index (κ1) is 16.0. The summed E-state index contributed by atoms with van der Waals surface area (Å²) in [7, 11) is 0. The molecule has 1 aromatic carbocycles. The van der Waals surface area contributed by atoms with Gasteiger partial charge in [-0.3, -0.25) is 14.5 Å². The highest BCUT2D eigenvalue weighted by Crippen LogP contribution is 2.35. The lowest BCUT2D eigenvalue weighted by molar-refractivity contribution is -0.139. The van der Waals surface area contributed by atoms with Crippen LogP contribution in [0.15, 0.2) is 24.3 Å². The lowest BCUT2D eigenvalue weighted by atomic mass is 9.91. The molecule has 1 aliphatic rings. The maximum atomic E-state index is 12.4. The van der Waals surface area contributed by atoms with E-state index in [-0.39, 0.29) is 23.7 Å². The number of aliphatic carboxylic acids is 1. The summed E-state index contributed by atoms with van der Waals surface area (Å²) in [6, 6.07) is 6.30. The van der Waals surface area contributed by atoms with Gasteiger partial charge in [-0.25, -0.2) is 4.79 Å². The average molecular weight is 305 g/mol. The number of amides is 2. The number of hydrogen-bond acceptors (Lipinski definition) is 4. The topological polar surface area (TPSA) is 83.9 Å². The zero-order valence-corrected chi connectivity index (χ0v) is 12.6. The average Bonchev–Trinajstić information content (AvgIpc) is 2.75. The van der Waals surface area contributed by atoms with Gasteiger partial charge >= 0.3 is 5.97 Å². The SMILES string of the molecule is CCC1C(=O)N(c2ccc(OCC(=O)O)cc2)C(=O)C1CC. The fourth-order valence-electron chi connectivity index (χ4n) is 2.79. The molecule has 22 heavy (non-hydrogen) atoms. The molecule has 6 nitrogen and oxygen atoms in total. The Morgan fingerprint density at radius 2 is 1.59 bits per heavy atom. The van der Waals surface area contributed by atoms with Crippen molar-refractivity contribution in [3.8, 4) is 5.75 Å². The van der Waals surface area contributed by atoms with Crippen LogP contribution >= 0.6 is 0 Å². The molecule has 2 rings (SSSR count). The van der Waals surface area contributed by atoms with Crippen LogP contribution in [0.1, 0.15) is 26.7 Å². The second-order valence-electron chi connectivity index (χ2n) is 5.22. The van der Waals surface area contributed by atoms with E-state index < -0.39 is 12.6 Å². The molecule has 0 bridgehead atoms. The van der Waals surface area contributed by atoms with Crippen LogP contribution in [0.2, 0.25) is 0 Å². The first-order valence-corrected chi connectivity index (χ1v) is 7.32. The molecule has 0 aromatic heterocycles. The number of anilines is 1. The highest BCUT2D eigenvalue weighted by atomic mass is 16.5. The molecule has 0 spiro atoms. The van der Waals surface area contributed by atoms with Gasteiger partial charge in [-0.15, -0.1) is 0 Å². The standard InChI is InChI=1S/C16H19NO5/c1-3-12-13(4-2)16(21)17(15(12)20)10-5-7-11(8-6-10)22-9-14(18)19/h5-8,12-13H,3-4,9H2,1-2H3,(H,18,19). The molecule has 0 aliphatic carbocycles. The van der Waals surface area contributed by atoms with Gasteiger partial charge in [-0.2, -0.15) is 0 Å². The number of carboxylic acids is 1. The summed E-state index contributed by atoms with van der Waals surface area (Å²) in [6.07, 6.45) is 1.28. The van der Waals surface area contributed by atoms with Crippen molar-refractivity contribution in [2.24, 2.45) is 11.8 Å². The molecule has 1 aromatic rings. The van der Waals surface area contributed by atoms with Crippen LogP contribution < -0.4 is 9.64 Å². The predicted molar refractivity (Wildman–Crippen MR) is 79.6 cm³/mol. The molecule has 0 saturated carbocycles. The van der Waals surface area contributed by atoms with Crippen molar-refractivity contribution >= 4 is 23.5 Å². The number of carboxylic acid groups (broad SMARTS) is 1. The van der Waals surface area contributed by atoms with Crippen molar-refractivity contribution in [1.82, 2.24) is 0 Å².